The number of aromatic amines is 1. The molecule has 48 heavy (non-hydrogen) atoms. The molecule has 2 aromatic heterocycles. The number of anilines is 1. The first kappa shape index (κ1) is 33.7. The predicted molar refractivity (Wildman–Crippen MR) is 183 cm³/mol. The number of rotatable bonds is 13. The minimum absolute atomic E-state index is 0.0686. The van der Waals surface area contributed by atoms with Crippen LogP contribution in [0.3, 0.4) is 0 Å². The van der Waals surface area contributed by atoms with Crippen LogP contribution in [0.1, 0.15) is 19.4 Å². The van der Waals surface area contributed by atoms with Crippen LogP contribution in [0.4, 0.5) is 5.95 Å². The van der Waals surface area contributed by atoms with Crippen LogP contribution in [0, 0.1) is 0 Å². The molecule has 3 aromatic carbocycles. The largest absolute Gasteiger partial charge is 0.491 e. The number of aliphatic hydroxyl groups excluding tert-OH is 2. The minimum atomic E-state index is -0.965. The van der Waals surface area contributed by atoms with Gasteiger partial charge in [0.2, 0.25) is 5.95 Å². The molecule has 1 fully saturated rings. The maximum Gasteiger partial charge on any atom is 0.223 e. The highest BCUT2D eigenvalue weighted by Crippen LogP contribution is 2.41. The summed E-state index contributed by atoms with van der Waals surface area (Å²) in [7, 11) is 0. The number of halogens is 2. The second-order valence-electron chi connectivity index (χ2n) is 11.6. The molecule has 1 aliphatic heterocycles. The van der Waals surface area contributed by atoms with Gasteiger partial charge in [0.15, 0.2) is 5.79 Å². The van der Waals surface area contributed by atoms with Crippen molar-refractivity contribution in [2.75, 3.05) is 31.7 Å². The summed E-state index contributed by atoms with van der Waals surface area (Å²) >= 11 is 13.6. The monoisotopic (exact) mass is 691 g/mol. The lowest BCUT2D eigenvalue weighted by atomic mass is 10.1. The molecular weight excluding hydrogens is 657 g/mol. The molecule has 5 aromatic rings. The van der Waals surface area contributed by atoms with E-state index in [1.807, 2.05) is 68.4 Å². The minimum Gasteiger partial charge on any atom is -0.491 e. The second-order valence-corrected chi connectivity index (χ2v) is 12.4. The number of hydrogen-bond donors (Lipinski definition) is 4. The topological polar surface area (TPSA) is 144 Å². The molecule has 0 amide bonds. The molecule has 1 saturated heterocycles. The van der Waals surface area contributed by atoms with Gasteiger partial charge >= 0.3 is 0 Å². The Balaban J connectivity index is 1.33. The first-order valence-electron chi connectivity index (χ1n) is 15.3. The van der Waals surface area contributed by atoms with Crippen molar-refractivity contribution in [1.29, 1.82) is 0 Å². The highest BCUT2D eigenvalue weighted by atomic mass is 35.5. The van der Waals surface area contributed by atoms with E-state index in [-0.39, 0.29) is 25.2 Å². The zero-order valence-corrected chi connectivity index (χ0v) is 27.8. The highest BCUT2D eigenvalue weighted by Gasteiger charge is 2.33. The van der Waals surface area contributed by atoms with Crippen molar-refractivity contribution in [2.24, 2.45) is 0 Å². The van der Waals surface area contributed by atoms with E-state index in [1.54, 1.807) is 24.4 Å². The fraction of sp³-hybridized carbons (Fsp3) is 0.286. The number of ether oxygens (including phenoxy) is 4. The lowest BCUT2D eigenvalue weighted by Crippen LogP contribution is -2.25. The van der Waals surface area contributed by atoms with E-state index < -0.39 is 18.5 Å². The Kier molecular flexibility index (Phi) is 10.4. The number of benzene rings is 3. The molecule has 1 aliphatic rings. The van der Waals surface area contributed by atoms with Crippen LogP contribution in [0.25, 0.3) is 34.0 Å². The SMILES string of the molecule is CC1(C)OC[C@H](COc2cc(Cl)c(-c3nc(-c4cccc(OCc5ccccc5)c4)c(-c4ccnc(NCC(O)CO)n4)[nH]3)c(Cl)c2)O1. The van der Waals surface area contributed by atoms with Crippen LogP contribution in [0.15, 0.2) is 79.0 Å². The van der Waals surface area contributed by atoms with Gasteiger partial charge in [0, 0.05) is 18.3 Å². The fourth-order valence-electron chi connectivity index (χ4n) is 5.11. The molecule has 1 unspecified atom stereocenters. The molecule has 11 nitrogen and oxygen atoms in total. The zero-order chi connectivity index (χ0) is 33.7. The molecule has 0 saturated carbocycles. The average molecular weight is 693 g/mol. The summed E-state index contributed by atoms with van der Waals surface area (Å²) in [5.74, 6) is 1.16. The third-order valence-electron chi connectivity index (χ3n) is 7.43. The third-order valence-corrected chi connectivity index (χ3v) is 8.03. The highest BCUT2D eigenvalue weighted by molar-refractivity contribution is 6.39. The lowest BCUT2D eigenvalue weighted by molar-refractivity contribution is -0.141. The van der Waals surface area contributed by atoms with Crippen molar-refractivity contribution in [3.8, 4) is 45.5 Å². The average Bonchev–Trinajstić information content (AvgIpc) is 3.68. The van der Waals surface area contributed by atoms with E-state index >= 15 is 0 Å². The Bertz CT molecular complexity index is 1830. The van der Waals surface area contributed by atoms with E-state index in [4.69, 9.17) is 47.1 Å². The Morgan fingerprint density at radius 2 is 1.79 bits per heavy atom. The number of nitrogens with one attached hydrogen (secondary N) is 2. The summed E-state index contributed by atoms with van der Waals surface area (Å²) in [6.07, 6.45) is 0.401. The number of H-pyrrole nitrogens is 1. The van der Waals surface area contributed by atoms with Gasteiger partial charge in [-0.3, -0.25) is 0 Å². The maximum absolute atomic E-state index is 9.81. The van der Waals surface area contributed by atoms with Crippen LogP contribution in [-0.2, 0) is 16.1 Å². The van der Waals surface area contributed by atoms with E-state index in [2.05, 4.69) is 20.3 Å². The predicted octanol–water partition coefficient (Wildman–Crippen LogP) is 6.38. The van der Waals surface area contributed by atoms with Crippen molar-refractivity contribution in [2.45, 2.75) is 38.4 Å². The van der Waals surface area contributed by atoms with Gasteiger partial charge in [-0.05, 0) is 49.7 Å². The van der Waals surface area contributed by atoms with Gasteiger partial charge in [-0.25, -0.2) is 15.0 Å². The summed E-state index contributed by atoms with van der Waals surface area (Å²) in [6, 6.07) is 22.6. The summed E-state index contributed by atoms with van der Waals surface area (Å²) in [4.78, 5) is 17.2. The van der Waals surface area contributed by atoms with Crippen LogP contribution in [0.2, 0.25) is 10.0 Å². The van der Waals surface area contributed by atoms with Crippen molar-refractivity contribution in [3.05, 3.63) is 94.6 Å². The number of nitrogens with zero attached hydrogens (tertiary/aromatic N) is 3. The summed E-state index contributed by atoms with van der Waals surface area (Å²) in [6.45, 7) is 4.49. The van der Waals surface area contributed by atoms with Crippen molar-refractivity contribution in [1.82, 2.24) is 19.9 Å². The molecular formula is C35H35Cl2N5O6. The van der Waals surface area contributed by atoms with Crippen LogP contribution in [-0.4, -0.2) is 74.5 Å². The number of imidazole rings is 1. The van der Waals surface area contributed by atoms with Crippen LogP contribution >= 0.6 is 23.2 Å². The van der Waals surface area contributed by atoms with Gasteiger partial charge in [-0.1, -0.05) is 65.7 Å². The van der Waals surface area contributed by atoms with Gasteiger partial charge in [0.05, 0.1) is 52.0 Å². The molecule has 6 rings (SSSR count). The summed E-state index contributed by atoms with van der Waals surface area (Å²) in [5.41, 5.74) is 3.95. The quantitative estimate of drug-likeness (QED) is 0.110. The van der Waals surface area contributed by atoms with Crippen LogP contribution in [0.5, 0.6) is 11.5 Å². The normalized spacial score (nSPS) is 16.1. The molecule has 250 valence electrons. The van der Waals surface area contributed by atoms with Gasteiger partial charge in [-0.15, -0.1) is 0 Å². The first-order chi connectivity index (χ1) is 23.2. The maximum atomic E-state index is 9.81. The van der Waals surface area contributed by atoms with Crippen molar-refractivity contribution < 1.29 is 29.2 Å². The Morgan fingerprint density at radius 1 is 1.00 bits per heavy atom. The van der Waals surface area contributed by atoms with Crippen molar-refractivity contribution in [3.63, 3.8) is 0 Å². The zero-order valence-electron chi connectivity index (χ0n) is 26.3. The molecule has 13 heteroatoms. The Labute approximate surface area is 287 Å². The third kappa shape index (κ3) is 8.24. The smallest absolute Gasteiger partial charge is 0.223 e. The van der Waals surface area contributed by atoms with Crippen molar-refractivity contribution >= 4 is 29.2 Å². The van der Waals surface area contributed by atoms with Gasteiger partial charge in [0.25, 0.3) is 0 Å². The van der Waals surface area contributed by atoms with E-state index in [0.29, 0.717) is 63.2 Å². The molecule has 0 radical (unpaired) electrons. The van der Waals surface area contributed by atoms with E-state index in [1.165, 1.54) is 0 Å². The molecule has 0 bridgehead atoms. The van der Waals surface area contributed by atoms with Gasteiger partial charge in [-0.2, -0.15) is 0 Å². The standard InChI is InChI=1S/C35H35Cl2N5O6/c1-35(2)47-20-26(48-35)19-46-25-14-27(36)30(28(37)15-25)33-41-31(22-9-6-10-24(13-22)45-18-21-7-4-3-5-8-21)32(42-33)29-11-12-38-34(40-29)39-16-23(44)17-43/h3-15,23,26,43-44H,16-20H2,1-2H3,(H,41,42)(H,38,39,40)/t23?,26-/m0/s1. The summed E-state index contributed by atoms with van der Waals surface area (Å²) in [5, 5.41) is 22.6. The van der Waals surface area contributed by atoms with E-state index in [0.717, 1.165) is 11.1 Å². The van der Waals surface area contributed by atoms with Gasteiger partial charge in [0.1, 0.15) is 36.6 Å². The lowest BCUT2D eigenvalue weighted by Gasteiger charge is -2.17. The van der Waals surface area contributed by atoms with Crippen LogP contribution < -0.4 is 14.8 Å². The van der Waals surface area contributed by atoms with E-state index in [9.17, 15) is 10.2 Å². The Hall–Kier alpha value is -4.23. The molecule has 3 heterocycles. The summed E-state index contributed by atoms with van der Waals surface area (Å²) < 4.78 is 23.5. The molecule has 2 atom stereocenters. The number of aromatic nitrogens is 4. The molecule has 0 spiro atoms. The number of aliphatic hydroxyl groups is 2. The number of hydrogen-bond acceptors (Lipinski definition) is 10. The molecule has 0 aliphatic carbocycles. The second kappa shape index (κ2) is 14.9. The van der Waals surface area contributed by atoms with Gasteiger partial charge < -0.3 is 39.5 Å². The first-order valence-corrected chi connectivity index (χ1v) is 16.1. The Morgan fingerprint density at radius 3 is 2.52 bits per heavy atom. The molecule has 4 N–H and O–H groups in total. The fourth-order valence-corrected chi connectivity index (χ4v) is 5.76.